The number of hydrogen-bond acceptors (Lipinski definition) is 2. The molecule has 1 aliphatic rings. The molecule has 0 aromatic heterocycles. The molecular weight excluding hydrogens is 251 g/mol. The number of alkyl halides is 1. The van der Waals surface area contributed by atoms with E-state index in [9.17, 15) is 4.39 Å². The molecule has 0 amide bonds. The topological polar surface area (TPSA) is 6.48 Å². The number of hydrogen-bond donors (Lipinski definition) is 0. The van der Waals surface area contributed by atoms with E-state index >= 15 is 0 Å². The van der Waals surface area contributed by atoms with Crippen molar-refractivity contribution < 1.29 is 4.39 Å². The number of piperazine rings is 1. The van der Waals surface area contributed by atoms with Crippen LogP contribution >= 0.6 is 11.6 Å². The van der Waals surface area contributed by atoms with Crippen LogP contribution in [0.5, 0.6) is 0 Å². The van der Waals surface area contributed by atoms with E-state index in [4.69, 9.17) is 11.6 Å². The van der Waals surface area contributed by atoms with Gasteiger partial charge in [-0.1, -0.05) is 6.07 Å². The SMILES string of the molecule is CC(C)N1CCN(c2ccc(CCl)cc2F)CC1. The Bertz CT molecular complexity index is 401. The molecule has 2 rings (SSSR count). The second kappa shape index (κ2) is 5.89. The van der Waals surface area contributed by atoms with E-state index < -0.39 is 0 Å². The molecule has 100 valence electrons. The quantitative estimate of drug-likeness (QED) is 0.779. The molecule has 1 fully saturated rings. The number of nitrogens with zero attached hydrogens (tertiary/aromatic N) is 2. The van der Waals surface area contributed by atoms with Gasteiger partial charge in [-0.25, -0.2) is 4.39 Å². The molecule has 2 nitrogen and oxygen atoms in total. The fraction of sp³-hybridized carbons (Fsp3) is 0.571. The van der Waals surface area contributed by atoms with Gasteiger partial charge in [-0.15, -0.1) is 11.6 Å². The van der Waals surface area contributed by atoms with Crippen molar-refractivity contribution in [2.24, 2.45) is 0 Å². The lowest BCUT2D eigenvalue weighted by Gasteiger charge is -2.38. The Morgan fingerprint density at radius 1 is 1.22 bits per heavy atom. The minimum absolute atomic E-state index is 0.161. The summed E-state index contributed by atoms with van der Waals surface area (Å²) >= 11 is 5.70. The van der Waals surface area contributed by atoms with Crippen LogP contribution in [-0.4, -0.2) is 37.1 Å². The van der Waals surface area contributed by atoms with Gasteiger partial charge in [0.05, 0.1) is 5.69 Å². The summed E-state index contributed by atoms with van der Waals surface area (Å²) in [5, 5.41) is 0. The molecule has 1 aromatic rings. The third kappa shape index (κ3) is 2.96. The summed E-state index contributed by atoms with van der Waals surface area (Å²) in [7, 11) is 0. The summed E-state index contributed by atoms with van der Waals surface area (Å²) in [4.78, 5) is 4.54. The number of rotatable bonds is 3. The van der Waals surface area contributed by atoms with Crippen molar-refractivity contribution in [1.29, 1.82) is 0 Å². The Kier molecular flexibility index (Phi) is 4.46. The van der Waals surface area contributed by atoms with Crippen molar-refractivity contribution >= 4 is 17.3 Å². The van der Waals surface area contributed by atoms with E-state index in [0.717, 1.165) is 31.7 Å². The molecule has 0 spiro atoms. The highest BCUT2D eigenvalue weighted by molar-refractivity contribution is 6.17. The molecule has 1 saturated heterocycles. The van der Waals surface area contributed by atoms with Gasteiger partial charge in [0, 0.05) is 38.1 Å². The normalized spacial score (nSPS) is 17.5. The molecule has 0 saturated carbocycles. The van der Waals surface area contributed by atoms with Gasteiger partial charge < -0.3 is 4.90 Å². The standard InChI is InChI=1S/C14H20ClFN2/c1-11(2)17-5-7-18(8-6-17)14-4-3-12(10-15)9-13(14)16/h3-4,9,11H,5-8,10H2,1-2H3. The zero-order valence-electron chi connectivity index (χ0n) is 11.0. The van der Waals surface area contributed by atoms with Crippen molar-refractivity contribution in [2.45, 2.75) is 25.8 Å². The zero-order chi connectivity index (χ0) is 13.1. The van der Waals surface area contributed by atoms with Crippen LogP contribution in [0.15, 0.2) is 18.2 Å². The summed E-state index contributed by atoms with van der Waals surface area (Å²) in [6, 6.07) is 5.85. The highest BCUT2D eigenvalue weighted by atomic mass is 35.5. The third-order valence-corrected chi connectivity index (χ3v) is 3.86. The maximum atomic E-state index is 14.0. The Labute approximate surface area is 113 Å². The average Bonchev–Trinajstić information content (AvgIpc) is 2.38. The second-order valence-corrected chi connectivity index (χ2v) is 5.30. The van der Waals surface area contributed by atoms with E-state index in [-0.39, 0.29) is 5.82 Å². The number of anilines is 1. The van der Waals surface area contributed by atoms with Gasteiger partial charge >= 0.3 is 0 Å². The van der Waals surface area contributed by atoms with E-state index in [1.54, 1.807) is 0 Å². The van der Waals surface area contributed by atoms with E-state index in [1.807, 2.05) is 12.1 Å². The maximum absolute atomic E-state index is 14.0. The minimum Gasteiger partial charge on any atom is -0.367 e. The second-order valence-electron chi connectivity index (χ2n) is 5.04. The molecular formula is C14H20ClFN2. The first-order valence-electron chi connectivity index (χ1n) is 6.45. The van der Waals surface area contributed by atoms with Crippen LogP contribution in [0.25, 0.3) is 0 Å². The van der Waals surface area contributed by atoms with Crippen molar-refractivity contribution in [2.75, 3.05) is 31.1 Å². The summed E-state index contributed by atoms with van der Waals surface area (Å²) in [5.41, 5.74) is 1.53. The Morgan fingerprint density at radius 2 is 1.89 bits per heavy atom. The van der Waals surface area contributed by atoms with Crippen molar-refractivity contribution in [3.05, 3.63) is 29.6 Å². The maximum Gasteiger partial charge on any atom is 0.146 e. The molecule has 1 aliphatic heterocycles. The fourth-order valence-corrected chi connectivity index (χ4v) is 2.54. The van der Waals surface area contributed by atoms with Crippen molar-refractivity contribution in [3.63, 3.8) is 0 Å². The van der Waals surface area contributed by atoms with Gasteiger partial charge in [-0.3, -0.25) is 4.90 Å². The highest BCUT2D eigenvalue weighted by Gasteiger charge is 2.20. The zero-order valence-corrected chi connectivity index (χ0v) is 11.8. The van der Waals surface area contributed by atoms with Gasteiger partial charge in [0.2, 0.25) is 0 Å². The van der Waals surface area contributed by atoms with E-state index in [0.29, 0.717) is 17.6 Å². The Morgan fingerprint density at radius 3 is 2.39 bits per heavy atom. The first-order chi connectivity index (χ1) is 8.61. The van der Waals surface area contributed by atoms with Gasteiger partial charge in [0.1, 0.15) is 5.82 Å². The highest BCUT2D eigenvalue weighted by Crippen LogP contribution is 2.23. The third-order valence-electron chi connectivity index (χ3n) is 3.55. The van der Waals surface area contributed by atoms with Crippen LogP contribution in [-0.2, 0) is 5.88 Å². The van der Waals surface area contributed by atoms with Crippen molar-refractivity contribution in [3.8, 4) is 0 Å². The van der Waals surface area contributed by atoms with Crippen LogP contribution in [0.2, 0.25) is 0 Å². The largest absolute Gasteiger partial charge is 0.367 e. The predicted molar refractivity (Wildman–Crippen MR) is 74.9 cm³/mol. The van der Waals surface area contributed by atoms with Crippen LogP contribution in [0, 0.1) is 5.82 Å². The van der Waals surface area contributed by atoms with E-state index in [2.05, 4.69) is 23.6 Å². The van der Waals surface area contributed by atoms with Gasteiger partial charge in [-0.2, -0.15) is 0 Å². The molecule has 0 unspecified atom stereocenters. The molecule has 4 heteroatoms. The van der Waals surface area contributed by atoms with Crippen LogP contribution < -0.4 is 4.90 Å². The average molecular weight is 271 g/mol. The summed E-state index contributed by atoms with van der Waals surface area (Å²) < 4.78 is 14.0. The van der Waals surface area contributed by atoms with Crippen LogP contribution in [0.1, 0.15) is 19.4 Å². The molecule has 0 aliphatic carbocycles. The molecule has 18 heavy (non-hydrogen) atoms. The molecule has 1 aromatic carbocycles. The fourth-order valence-electron chi connectivity index (χ4n) is 2.37. The number of halogens is 2. The lowest BCUT2D eigenvalue weighted by atomic mass is 10.1. The van der Waals surface area contributed by atoms with Gasteiger partial charge in [0.15, 0.2) is 0 Å². The summed E-state index contributed by atoms with van der Waals surface area (Å²) in [6.07, 6.45) is 0. The summed E-state index contributed by atoms with van der Waals surface area (Å²) in [6.45, 7) is 8.16. The predicted octanol–water partition coefficient (Wildman–Crippen LogP) is 3.09. The molecule has 0 atom stereocenters. The molecule has 0 N–H and O–H groups in total. The first kappa shape index (κ1) is 13.6. The Hall–Kier alpha value is -0.800. The van der Waals surface area contributed by atoms with Gasteiger partial charge in [0.25, 0.3) is 0 Å². The monoisotopic (exact) mass is 270 g/mol. The molecule has 1 heterocycles. The summed E-state index contributed by atoms with van der Waals surface area (Å²) in [5.74, 6) is 0.198. The lowest BCUT2D eigenvalue weighted by molar-refractivity contribution is 0.209. The van der Waals surface area contributed by atoms with Gasteiger partial charge in [-0.05, 0) is 31.5 Å². The number of benzene rings is 1. The minimum atomic E-state index is -0.161. The smallest absolute Gasteiger partial charge is 0.146 e. The Balaban J connectivity index is 2.05. The molecule has 0 radical (unpaired) electrons. The van der Waals surface area contributed by atoms with E-state index in [1.165, 1.54) is 6.07 Å². The van der Waals surface area contributed by atoms with Crippen LogP contribution in [0.4, 0.5) is 10.1 Å². The molecule has 0 bridgehead atoms. The lowest BCUT2D eigenvalue weighted by Crippen LogP contribution is -2.49. The first-order valence-corrected chi connectivity index (χ1v) is 6.98. The van der Waals surface area contributed by atoms with Crippen LogP contribution in [0.3, 0.4) is 0 Å². The van der Waals surface area contributed by atoms with Crippen molar-refractivity contribution in [1.82, 2.24) is 4.90 Å².